The molecule has 1 aliphatic rings. The van der Waals surface area contributed by atoms with Gasteiger partial charge in [0.05, 0.1) is 6.54 Å². The minimum Gasteiger partial charge on any atom is -0.304 e. The highest BCUT2D eigenvalue weighted by Gasteiger charge is 2.30. The number of halogens is 2. The Hall–Kier alpha value is -1.87. The summed E-state index contributed by atoms with van der Waals surface area (Å²) < 4.78 is 15.0. The van der Waals surface area contributed by atoms with E-state index in [0.717, 1.165) is 37.6 Å². The van der Waals surface area contributed by atoms with Gasteiger partial charge in [0.1, 0.15) is 11.9 Å². The third kappa shape index (κ3) is 4.52. The van der Waals surface area contributed by atoms with Gasteiger partial charge in [-0.3, -0.25) is 4.90 Å². The zero-order chi connectivity index (χ0) is 17.9. The molecule has 0 bridgehead atoms. The van der Waals surface area contributed by atoms with Crippen LogP contribution in [0.25, 0.3) is 0 Å². The summed E-state index contributed by atoms with van der Waals surface area (Å²) in [5.41, 5.74) is 0.975. The van der Waals surface area contributed by atoms with Crippen LogP contribution in [0.3, 0.4) is 0 Å². The van der Waals surface area contributed by atoms with Crippen molar-refractivity contribution in [2.24, 2.45) is 0 Å². The first-order chi connectivity index (χ1) is 12.7. The summed E-state index contributed by atoms with van der Waals surface area (Å²) in [6.45, 7) is 4.53. The second-order valence-corrected chi connectivity index (χ2v) is 7.56. The minimum absolute atomic E-state index is 0. The van der Waals surface area contributed by atoms with E-state index < -0.39 is 0 Å². The van der Waals surface area contributed by atoms with Gasteiger partial charge >= 0.3 is 0 Å². The molecule has 4 rings (SSSR count). The second kappa shape index (κ2) is 8.88. The number of hydrogen-bond donors (Lipinski definition) is 0. The number of rotatable bonds is 5. The molecule has 1 aliphatic heterocycles. The molecule has 2 aromatic heterocycles. The molecule has 0 spiro atoms. The largest absolute Gasteiger partial charge is 0.304 e. The van der Waals surface area contributed by atoms with Crippen LogP contribution < -0.4 is 0 Å². The van der Waals surface area contributed by atoms with Crippen molar-refractivity contribution in [2.45, 2.75) is 12.6 Å². The molecule has 0 radical (unpaired) electrons. The monoisotopic (exact) mass is 408 g/mol. The van der Waals surface area contributed by atoms with Gasteiger partial charge in [0, 0.05) is 31.1 Å². The molecule has 0 saturated carbocycles. The zero-order valence-corrected chi connectivity index (χ0v) is 16.7. The molecule has 1 saturated heterocycles. The predicted octanol–water partition coefficient (Wildman–Crippen LogP) is 2.68. The van der Waals surface area contributed by atoms with Crippen LogP contribution in [0.1, 0.15) is 22.3 Å². The third-order valence-corrected chi connectivity index (χ3v) is 5.69. The predicted molar refractivity (Wildman–Crippen MR) is 106 cm³/mol. The van der Waals surface area contributed by atoms with Crippen molar-refractivity contribution >= 4 is 23.7 Å². The Balaban J connectivity index is 0.00000210. The lowest BCUT2D eigenvalue weighted by molar-refractivity contribution is 0.123. The number of benzene rings is 1. The molecular weight excluding hydrogens is 387 g/mol. The van der Waals surface area contributed by atoms with Gasteiger partial charge in [-0.25, -0.2) is 9.07 Å². The standard InChI is InChI=1S/C18H21FN6S.ClH/c1-23-8-10-24(11-9-23)17(16-3-2-12-26-16)18-20-21-22-25(18)13-14-4-6-15(19)7-5-14;/h2-7,12,17H,8-11,13H2,1H3;1H. The Morgan fingerprint density at radius 3 is 2.52 bits per heavy atom. The van der Waals surface area contributed by atoms with Crippen LogP contribution in [0.4, 0.5) is 4.39 Å². The quantitative estimate of drug-likeness (QED) is 0.649. The van der Waals surface area contributed by atoms with Crippen molar-refractivity contribution in [3.63, 3.8) is 0 Å². The first-order valence-electron chi connectivity index (χ1n) is 8.67. The average Bonchev–Trinajstić information content (AvgIpc) is 3.32. The van der Waals surface area contributed by atoms with Gasteiger partial charge in [0.15, 0.2) is 5.82 Å². The lowest BCUT2D eigenvalue weighted by Gasteiger charge is -2.36. The number of piperazine rings is 1. The van der Waals surface area contributed by atoms with Gasteiger partial charge in [-0.2, -0.15) is 0 Å². The van der Waals surface area contributed by atoms with Crippen LogP contribution in [-0.2, 0) is 6.54 Å². The number of tetrazole rings is 1. The number of thiophene rings is 1. The molecule has 3 aromatic rings. The van der Waals surface area contributed by atoms with Crippen molar-refractivity contribution in [2.75, 3.05) is 33.2 Å². The Labute approximate surface area is 168 Å². The van der Waals surface area contributed by atoms with E-state index in [2.05, 4.69) is 49.9 Å². The van der Waals surface area contributed by atoms with E-state index in [-0.39, 0.29) is 24.3 Å². The van der Waals surface area contributed by atoms with Crippen molar-refractivity contribution < 1.29 is 4.39 Å². The number of nitrogens with zero attached hydrogens (tertiary/aromatic N) is 6. The molecular formula is C18H22ClFN6S. The Morgan fingerprint density at radius 2 is 1.85 bits per heavy atom. The maximum atomic E-state index is 13.2. The zero-order valence-electron chi connectivity index (χ0n) is 15.0. The van der Waals surface area contributed by atoms with Crippen molar-refractivity contribution in [1.82, 2.24) is 30.0 Å². The first-order valence-corrected chi connectivity index (χ1v) is 9.55. The van der Waals surface area contributed by atoms with Gasteiger partial charge in [-0.05, 0) is 46.6 Å². The SMILES string of the molecule is CN1CCN(C(c2cccs2)c2nnnn2Cc2ccc(F)cc2)CC1.Cl. The molecule has 0 amide bonds. The van der Waals surface area contributed by atoms with Gasteiger partial charge in [0.2, 0.25) is 0 Å². The Morgan fingerprint density at radius 1 is 1.11 bits per heavy atom. The van der Waals surface area contributed by atoms with E-state index >= 15 is 0 Å². The van der Waals surface area contributed by atoms with Crippen LogP contribution >= 0.6 is 23.7 Å². The average molecular weight is 409 g/mol. The molecule has 0 N–H and O–H groups in total. The lowest BCUT2D eigenvalue weighted by atomic mass is 10.1. The number of hydrogen-bond acceptors (Lipinski definition) is 6. The van der Waals surface area contributed by atoms with E-state index in [1.54, 1.807) is 23.5 Å². The fourth-order valence-electron chi connectivity index (χ4n) is 3.28. The molecule has 1 unspecified atom stereocenters. The summed E-state index contributed by atoms with van der Waals surface area (Å²) >= 11 is 1.73. The highest BCUT2D eigenvalue weighted by molar-refractivity contribution is 7.10. The maximum absolute atomic E-state index is 13.2. The molecule has 6 nitrogen and oxygen atoms in total. The van der Waals surface area contributed by atoms with E-state index in [1.165, 1.54) is 17.0 Å². The van der Waals surface area contributed by atoms with Crippen LogP contribution in [0.15, 0.2) is 41.8 Å². The highest BCUT2D eigenvalue weighted by Crippen LogP contribution is 2.31. The molecule has 27 heavy (non-hydrogen) atoms. The topological polar surface area (TPSA) is 50.1 Å². The van der Waals surface area contributed by atoms with Crippen molar-refractivity contribution in [3.8, 4) is 0 Å². The van der Waals surface area contributed by atoms with Gasteiger partial charge in [0.25, 0.3) is 0 Å². The van der Waals surface area contributed by atoms with Crippen LogP contribution in [0.2, 0.25) is 0 Å². The van der Waals surface area contributed by atoms with E-state index in [4.69, 9.17) is 0 Å². The first kappa shape index (κ1) is 19.9. The summed E-state index contributed by atoms with van der Waals surface area (Å²) in [6.07, 6.45) is 0. The van der Waals surface area contributed by atoms with Crippen LogP contribution in [0.5, 0.6) is 0 Å². The second-order valence-electron chi connectivity index (χ2n) is 6.58. The van der Waals surface area contributed by atoms with Crippen LogP contribution in [0, 0.1) is 5.82 Å². The smallest absolute Gasteiger partial charge is 0.174 e. The fraction of sp³-hybridized carbons (Fsp3) is 0.389. The molecule has 1 atom stereocenters. The summed E-state index contributed by atoms with van der Waals surface area (Å²) in [6, 6.07) is 10.7. The van der Waals surface area contributed by atoms with E-state index in [0.29, 0.717) is 6.54 Å². The van der Waals surface area contributed by atoms with E-state index in [9.17, 15) is 4.39 Å². The summed E-state index contributed by atoms with van der Waals surface area (Å²) in [4.78, 5) is 6.02. The number of aromatic nitrogens is 4. The van der Waals surface area contributed by atoms with E-state index in [1.807, 2.05) is 4.68 Å². The summed E-state index contributed by atoms with van der Waals surface area (Å²) in [5, 5.41) is 14.6. The number of likely N-dealkylation sites (N-methyl/N-ethyl adjacent to an activating group) is 1. The molecule has 1 aromatic carbocycles. The molecule has 3 heterocycles. The van der Waals surface area contributed by atoms with Crippen molar-refractivity contribution in [3.05, 3.63) is 63.9 Å². The molecule has 144 valence electrons. The van der Waals surface area contributed by atoms with Crippen molar-refractivity contribution in [1.29, 1.82) is 0 Å². The fourth-order valence-corrected chi connectivity index (χ4v) is 4.14. The third-order valence-electron chi connectivity index (χ3n) is 4.77. The summed E-state index contributed by atoms with van der Waals surface area (Å²) in [7, 11) is 2.15. The maximum Gasteiger partial charge on any atom is 0.174 e. The summed E-state index contributed by atoms with van der Waals surface area (Å²) in [5.74, 6) is 0.598. The highest BCUT2D eigenvalue weighted by atomic mass is 35.5. The van der Waals surface area contributed by atoms with Crippen LogP contribution in [-0.4, -0.2) is 63.2 Å². The normalized spacial score (nSPS) is 16.8. The lowest BCUT2D eigenvalue weighted by Crippen LogP contribution is -2.46. The molecule has 0 aliphatic carbocycles. The molecule has 9 heteroatoms. The van der Waals surface area contributed by atoms with Gasteiger partial charge in [-0.15, -0.1) is 28.8 Å². The van der Waals surface area contributed by atoms with Gasteiger partial charge in [-0.1, -0.05) is 18.2 Å². The Bertz CT molecular complexity index is 830. The molecule has 1 fully saturated rings. The van der Waals surface area contributed by atoms with Gasteiger partial charge < -0.3 is 4.90 Å². The Kier molecular flexibility index (Phi) is 6.54. The minimum atomic E-state index is -0.236.